The lowest BCUT2D eigenvalue weighted by Crippen LogP contribution is -2.51. The van der Waals surface area contributed by atoms with Gasteiger partial charge in [-0.3, -0.25) is 9.80 Å². The van der Waals surface area contributed by atoms with Crippen molar-refractivity contribution >= 4 is 0 Å². The van der Waals surface area contributed by atoms with Crippen LogP contribution in [0.25, 0.3) is 0 Å². The molecule has 1 saturated heterocycles. The van der Waals surface area contributed by atoms with Gasteiger partial charge in [0, 0.05) is 32.2 Å². The standard InChI is InChI=1S/C13H23F2N5O/c1-2-11(9-21)19-5-3-18(4-6-19)8-13-16-10-17-20(13)7-12(14)15/h10-12,21H,2-9H2,1H3/t11-/m0/s1. The quantitative estimate of drug-likeness (QED) is 0.792. The Morgan fingerprint density at radius 2 is 2.00 bits per heavy atom. The maximum Gasteiger partial charge on any atom is 0.257 e. The van der Waals surface area contributed by atoms with Crippen molar-refractivity contribution in [3.63, 3.8) is 0 Å². The minimum absolute atomic E-state index is 0.180. The van der Waals surface area contributed by atoms with Gasteiger partial charge >= 0.3 is 0 Å². The number of alkyl halides is 2. The van der Waals surface area contributed by atoms with Gasteiger partial charge in [0.2, 0.25) is 0 Å². The summed E-state index contributed by atoms with van der Waals surface area (Å²) in [7, 11) is 0. The molecule has 120 valence electrons. The summed E-state index contributed by atoms with van der Waals surface area (Å²) in [5.74, 6) is 0.581. The molecule has 8 heteroatoms. The van der Waals surface area contributed by atoms with E-state index in [1.807, 2.05) is 0 Å². The number of aliphatic hydroxyl groups excluding tert-OH is 1. The topological polar surface area (TPSA) is 57.4 Å². The van der Waals surface area contributed by atoms with Crippen LogP contribution < -0.4 is 0 Å². The second-order valence-electron chi connectivity index (χ2n) is 5.31. The van der Waals surface area contributed by atoms with Crippen LogP contribution in [0.5, 0.6) is 0 Å². The largest absolute Gasteiger partial charge is 0.395 e. The zero-order valence-corrected chi connectivity index (χ0v) is 12.3. The van der Waals surface area contributed by atoms with Crippen molar-refractivity contribution < 1.29 is 13.9 Å². The zero-order valence-electron chi connectivity index (χ0n) is 12.3. The first-order valence-electron chi connectivity index (χ1n) is 7.36. The Morgan fingerprint density at radius 1 is 1.29 bits per heavy atom. The van der Waals surface area contributed by atoms with Gasteiger partial charge in [0.25, 0.3) is 6.43 Å². The maximum absolute atomic E-state index is 12.4. The minimum atomic E-state index is -2.42. The Bertz CT molecular complexity index is 416. The van der Waals surface area contributed by atoms with Gasteiger partial charge in [-0.15, -0.1) is 0 Å². The molecule has 1 aliphatic rings. The van der Waals surface area contributed by atoms with E-state index in [1.165, 1.54) is 11.0 Å². The Morgan fingerprint density at radius 3 is 2.57 bits per heavy atom. The molecule has 0 aromatic carbocycles. The van der Waals surface area contributed by atoms with E-state index in [4.69, 9.17) is 0 Å². The molecule has 1 fully saturated rings. The Balaban J connectivity index is 1.85. The van der Waals surface area contributed by atoms with E-state index < -0.39 is 13.0 Å². The highest BCUT2D eigenvalue weighted by Gasteiger charge is 2.23. The second-order valence-corrected chi connectivity index (χ2v) is 5.31. The van der Waals surface area contributed by atoms with Crippen LogP contribution in [0.4, 0.5) is 8.78 Å². The fourth-order valence-electron chi connectivity index (χ4n) is 2.68. The summed E-state index contributed by atoms with van der Waals surface area (Å²) < 4.78 is 26.2. The molecule has 1 atom stereocenters. The van der Waals surface area contributed by atoms with Crippen LogP contribution in [0, 0.1) is 0 Å². The van der Waals surface area contributed by atoms with Crippen LogP contribution >= 0.6 is 0 Å². The summed E-state index contributed by atoms with van der Waals surface area (Å²) in [6.07, 6.45) is -0.163. The van der Waals surface area contributed by atoms with E-state index in [2.05, 4.69) is 26.8 Å². The third kappa shape index (κ3) is 4.42. The number of halogens is 2. The molecule has 21 heavy (non-hydrogen) atoms. The zero-order chi connectivity index (χ0) is 15.2. The van der Waals surface area contributed by atoms with Gasteiger partial charge in [0.1, 0.15) is 18.7 Å². The van der Waals surface area contributed by atoms with Gasteiger partial charge in [0.15, 0.2) is 0 Å². The third-order valence-electron chi connectivity index (χ3n) is 3.98. The molecule has 0 aliphatic carbocycles. The summed E-state index contributed by atoms with van der Waals surface area (Å²) >= 11 is 0. The maximum atomic E-state index is 12.4. The van der Waals surface area contributed by atoms with Crippen LogP contribution in [-0.2, 0) is 13.1 Å². The molecule has 2 rings (SSSR count). The Kier molecular flexibility index (Phi) is 6.01. The molecule has 0 spiro atoms. The lowest BCUT2D eigenvalue weighted by molar-refractivity contribution is 0.0583. The van der Waals surface area contributed by atoms with Crippen molar-refractivity contribution in [3.05, 3.63) is 12.2 Å². The number of aromatic nitrogens is 3. The van der Waals surface area contributed by atoms with Gasteiger partial charge in [-0.05, 0) is 6.42 Å². The van der Waals surface area contributed by atoms with E-state index in [1.54, 1.807) is 0 Å². The number of aliphatic hydroxyl groups is 1. The molecule has 1 aromatic rings. The first-order valence-corrected chi connectivity index (χ1v) is 7.36. The van der Waals surface area contributed by atoms with Crippen molar-refractivity contribution in [2.75, 3.05) is 32.8 Å². The molecule has 6 nitrogen and oxygen atoms in total. The van der Waals surface area contributed by atoms with E-state index in [0.717, 1.165) is 32.6 Å². The van der Waals surface area contributed by atoms with Crippen LogP contribution in [0.3, 0.4) is 0 Å². The highest BCUT2D eigenvalue weighted by Crippen LogP contribution is 2.11. The first-order chi connectivity index (χ1) is 10.1. The SMILES string of the molecule is CC[C@@H](CO)N1CCN(Cc2ncnn2CC(F)F)CC1. The Hall–Kier alpha value is -1.12. The van der Waals surface area contributed by atoms with E-state index in [9.17, 15) is 13.9 Å². The van der Waals surface area contributed by atoms with Crippen LogP contribution in [0.15, 0.2) is 6.33 Å². The predicted octanol–water partition coefficient (Wildman–Crippen LogP) is 0.432. The fraction of sp³-hybridized carbons (Fsp3) is 0.846. The molecule has 1 aromatic heterocycles. The smallest absolute Gasteiger partial charge is 0.257 e. The number of rotatable bonds is 7. The number of hydrogen-bond acceptors (Lipinski definition) is 5. The summed E-state index contributed by atoms with van der Waals surface area (Å²) in [5, 5.41) is 13.2. The fourth-order valence-corrected chi connectivity index (χ4v) is 2.68. The number of hydrogen-bond donors (Lipinski definition) is 1. The van der Waals surface area contributed by atoms with Crippen LogP contribution in [0.1, 0.15) is 19.2 Å². The second kappa shape index (κ2) is 7.77. The predicted molar refractivity (Wildman–Crippen MR) is 74.0 cm³/mol. The lowest BCUT2D eigenvalue weighted by atomic mass is 10.1. The van der Waals surface area contributed by atoms with Crippen molar-refractivity contribution in [2.24, 2.45) is 0 Å². The van der Waals surface area contributed by atoms with Crippen molar-refractivity contribution in [1.29, 1.82) is 0 Å². The van der Waals surface area contributed by atoms with Crippen molar-refractivity contribution in [2.45, 2.75) is 38.9 Å². The van der Waals surface area contributed by atoms with E-state index in [-0.39, 0.29) is 12.6 Å². The summed E-state index contributed by atoms with van der Waals surface area (Å²) in [4.78, 5) is 8.54. The van der Waals surface area contributed by atoms with Crippen LogP contribution in [-0.4, -0.2) is 74.9 Å². The minimum Gasteiger partial charge on any atom is -0.395 e. The average Bonchev–Trinajstić information content (AvgIpc) is 2.88. The molecule has 0 unspecified atom stereocenters. The average molecular weight is 303 g/mol. The summed E-state index contributed by atoms with van der Waals surface area (Å²) in [5.41, 5.74) is 0. The summed E-state index contributed by atoms with van der Waals surface area (Å²) in [6, 6.07) is 0.217. The first kappa shape index (κ1) is 16.3. The van der Waals surface area contributed by atoms with E-state index in [0.29, 0.717) is 12.4 Å². The van der Waals surface area contributed by atoms with Crippen molar-refractivity contribution in [1.82, 2.24) is 24.6 Å². The van der Waals surface area contributed by atoms with E-state index >= 15 is 0 Å². The van der Waals surface area contributed by atoms with Gasteiger partial charge in [-0.1, -0.05) is 6.92 Å². The molecule has 0 radical (unpaired) electrons. The monoisotopic (exact) mass is 303 g/mol. The van der Waals surface area contributed by atoms with Crippen molar-refractivity contribution in [3.8, 4) is 0 Å². The molecule has 1 N–H and O–H groups in total. The number of piperazine rings is 1. The summed E-state index contributed by atoms with van der Waals surface area (Å²) in [6.45, 7) is 5.83. The molecular weight excluding hydrogens is 280 g/mol. The third-order valence-corrected chi connectivity index (χ3v) is 3.98. The van der Waals surface area contributed by atoms with Gasteiger partial charge < -0.3 is 5.11 Å². The van der Waals surface area contributed by atoms with Crippen LogP contribution in [0.2, 0.25) is 0 Å². The molecular formula is C13H23F2N5O. The normalized spacial score (nSPS) is 19.3. The Labute approximate surface area is 123 Å². The lowest BCUT2D eigenvalue weighted by Gasteiger charge is -2.38. The van der Waals surface area contributed by atoms with Gasteiger partial charge in [0.05, 0.1) is 13.2 Å². The number of nitrogens with zero attached hydrogens (tertiary/aromatic N) is 5. The molecule has 0 bridgehead atoms. The molecule has 0 amide bonds. The van der Waals surface area contributed by atoms with Gasteiger partial charge in [-0.2, -0.15) is 5.10 Å². The highest BCUT2D eigenvalue weighted by molar-refractivity contribution is 4.87. The highest BCUT2D eigenvalue weighted by atomic mass is 19.3. The van der Waals surface area contributed by atoms with Gasteiger partial charge in [-0.25, -0.2) is 18.4 Å². The molecule has 2 heterocycles. The molecule has 0 saturated carbocycles. The molecule has 1 aliphatic heterocycles.